The molecule has 1 fully saturated rings. The Balaban J connectivity index is 2.28. The zero-order chi connectivity index (χ0) is 37.4. The molecule has 1 heterocycles. The lowest BCUT2D eigenvalue weighted by Gasteiger charge is -2.39. The van der Waals surface area contributed by atoms with E-state index in [1.54, 1.807) is 0 Å². The molecule has 0 spiro atoms. The van der Waals surface area contributed by atoms with Crippen LogP contribution in [-0.2, 0) is 28.5 Å². The predicted octanol–water partition coefficient (Wildman–Crippen LogP) is 7.77. The van der Waals surface area contributed by atoms with Crippen molar-refractivity contribution in [3.05, 3.63) is 24.3 Å². The smallest absolute Gasteiger partial charge is 0.306 e. The van der Waals surface area contributed by atoms with Gasteiger partial charge in [-0.05, 0) is 44.9 Å². The van der Waals surface area contributed by atoms with Crippen LogP contribution in [0.15, 0.2) is 24.3 Å². The van der Waals surface area contributed by atoms with E-state index in [9.17, 15) is 30.0 Å². The second-order valence-electron chi connectivity index (χ2n) is 14.1. The number of carbonyl (C=O) groups excluding carboxylic acids is 2. The van der Waals surface area contributed by atoms with Gasteiger partial charge in [-0.1, -0.05) is 134 Å². The van der Waals surface area contributed by atoms with Crippen LogP contribution in [0.4, 0.5) is 0 Å². The molecule has 298 valence electrons. The van der Waals surface area contributed by atoms with Gasteiger partial charge in [0.05, 0.1) is 13.2 Å². The van der Waals surface area contributed by atoms with Gasteiger partial charge >= 0.3 is 11.9 Å². The van der Waals surface area contributed by atoms with Crippen LogP contribution in [0.3, 0.4) is 0 Å². The molecular weight excluding hydrogens is 652 g/mol. The molecule has 1 aliphatic rings. The highest BCUT2D eigenvalue weighted by Crippen LogP contribution is 2.22. The lowest BCUT2D eigenvalue weighted by Crippen LogP contribution is -2.59. The fourth-order valence-corrected chi connectivity index (χ4v) is 6.04. The Morgan fingerprint density at radius 3 is 1.67 bits per heavy atom. The summed E-state index contributed by atoms with van der Waals surface area (Å²) in [5.41, 5.74) is 0. The van der Waals surface area contributed by atoms with E-state index in [2.05, 4.69) is 38.2 Å². The van der Waals surface area contributed by atoms with Gasteiger partial charge in [0.15, 0.2) is 12.4 Å². The number of aliphatic hydroxyl groups excluding tert-OH is 4. The highest BCUT2D eigenvalue weighted by atomic mass is 16.7. The fraction of sp³-hybridized carbons (Fsp3) is 0.854. The first-order valence-electron chi connectivity index (χ1n) is 20.4. The van der Waals surface area contributed by atoms with Gasteiger partial charge in [0, 0.05) is 12.8 Å². The molecule has 0 radical (unpaired) electrons. The minimum Gasteiger partial charge on any atom is -0.462 e. The van der Waals surface area contributed by atoms with Crippen LogP contribution in [0.2, 0.25) is 0 Å². The molecule has 0 aromatic heterocycles. The molecule has 0 amide bonds. The van der Waals surface area contributed by atoms with Crippen LogP contribution >= 0.6 is 0 Å². The Morgan fingerprint density at radius 2 is 1.10 bits per heavy atom. The lowest BCUT2D eigenvalue weighted by atomic mass is 9.99. The lowest BCUT2D eigenvalue weighted by molar-refractivity contribution is -0.305. The van der Waals surface area contributed by atoms with Crippen molar-refractivity contribution in [2.75, 3.05) is 19.8 Å². The summed E-state index contributed by atoms with van der Waals surface area (Å²) in [6, 6.07) is 0. The summed E-state index contributed by atoms with van der Waals surface area (Å²) in [6.45, 7) is 3.33. The number of carbonyl (C=O) groups is 2. The van der Waals surface area contributed by atoms with Gasteiger partial charge in [-0.25, -0.2) is 0 Å². The van der Waals surface area contributed by atoms with Crippen LogP contribution in [0.5, 0.6) is 0 Å². The maximum absolute atomic E-state index is 12.6. The van der Waals surface area contributed by atoms with Crippen molar-refractivity contribution >= 4 is 11.9 Å². The van der Waals surface area contributed by atoms with Crippen molar-refractivity contribution < 1.29 is 49.0 Å². The number of esters is 2. The molecule has 10 heteroatoms. The van der Waals surface area contributed by atoms with Crippen LogP contribution in [0.25, 0.3) is 0 Å². The molecule has 2 unspecified atom stereocenters. The largest absolute Gasteiger partial charge is 0.462 e. The summed E-state index contributed by atoms with van der Waals surface area (Å²) < 4.78 is 22.0. The topological polar surface area (TPSA) is 152 Å². The summed E-state index contributed by atoms with van der Waals surface area (Å²) in [5, 5.41) is 39.8. The predicted molar refractivity (Wildman–Crippen MR) is 201 cm³/mol. The standard InChI is InChI=1S/C41H74O10/c1-3-5-7-9-11-12-13-14-15-16-17-18-19-20-21-22-24-25-27-29-36(43)48-32-34(50-37(44)30-28-26-23-10-8-6-4-2)33-49-41-40(47)39(46)38(45)35(31-42)51-41/h11-12,14-15,34-35,38-42,45-47H,3-10,13,16-33H2,1-2H3/b12-11+,15-14+/t34-,35-,38+,39?,40?,41-/m0/s1. The zero-order valence-corrected chi connectivity index (χ0v) is 32.1. The number of rotatable bonds is 33. The quantitative estimate of drug-likeness (QED) is 0.0300. The molecule has 0 bridgehead atoms. The third-order valence-electron chi connectivity index (χ3n) is 9.34. The van der Waals surface area contributed by atoms with Crippen molar-refractivity contribution in [1.29, 1.82) is 0 Å². The monoisotopic (exact) mass is 727 g/mol. The molecule has 10 nitrogen and oxygen atoms in total. The van der Waals surface area contributed by atoms with E-state index in [0.717, 1.165) is 57.8 Å². The van der Waals surface area contributed by atoms with Crippen molar-refractivity contribution in [3.8, 4) is 0 Å². The third-order valence-corrected chi connectivity index (χ3v) is 9.34. The van der Waals surface area contributed by atoms with Gasteiger partial charge in [-0.3, -0.25) is 9.59 Å². The van der Waals surface area contributed by atoms with E-state index in [4.69, 9.17) is 18.9 Å². The van der Waals surface area contributed by atoms with E-state index < -0.39 is 49.4 Å². The van der Waals surface area contributed by atoms with Crippen molar-refractivity contribution in [2.45, 2.75) is 205 Å². The van der Waals surface area contributed by atoms with Crippen LogP contribution in [0.1, 0.15) is 168 Å². The van der Waals surface area contributed by atoms with Crippen LogP contribution in [0, 0.1) is 0 Å². The summed E-state index contributed by atoms with van der Waals surface area (Å²) in [5.74, 6) is -0.816. The molecule has 0 aliphatic carbocycles. The van der Waals surface area contributed by atoms with E-state index >= 15 is 0 Å². The van der Waals surface area contributed by atoms with Gasteiger partial charge in [-0.15, -0.1) is 0 Å². The molecule has 0 saturated carbocycles. The number of hydrogen-bond acceptors (Lipinski definition) is 10. The molecule has 0 aromatic carbocycles. The molecule has 0 aromatic rings. The van der Waals surface area contributed by atoms with Gasteiger partial charge in [-0.2, -0.15) is 0 Å². The zero-order valence-electron chi connectivity index (χ0n) is 32.1. The van der Waals surface area contributed by atoms with Gasteiger partial charge in [0.25, 0.3) is 0 Å². The minimum atomic E-state index is -1.59. The Hall–Kier alpha value is -1.82. The van der Waals surface area contributed by atoms with Crippen LogP contribution in [-0.4, -0.2) is 89.0 Å². The van der Waals surface area contributed by atoms with Crippen molar-refractivity contribution in [3.63, 3.8) is 0 Å². The second-order valence-corrected chi connectivity index (χ2v) is 14.1. The normalized spacial score (nSPS) is 21.4. The molecule has 1 rings (SSSR count). The summed E-state index contributed by atoms with van der Waals surface area (Å²) in [4.78, 5) is 25.1. The second kappa shape index (κ2) is 32.8. The van der Waals surface area contributed by atoms with Gasteiger partial charge in [0.2, 0.25) is 0 Å². The van der Waals surface area contributed by atoms with Crippen molar-refractivity contribution in [2.24, 2.45) is 0 Å². The molecule has 1 saturated heterocycles. The first-order chi connectivity index (χ1) is 24.8. The van der Waals surface area contributed by atoms with E-state index in [1.807, 2.05) is 0 Å². The fourth-order valence-electron chi connectivity index (χ4n) is 6.04. The number of aliphatic hydroxyl groups is 4. The van der Waals surface area contributed by atoms with Crippen molar-refractivity contribution in [1.82, 2.24) is 0 Å². The Kier molecular flexibility index (Phi) is 30.4. The van der Waals surface area contributed by atoms with E-state index in [1.165, 1.54) is 77.0 Å². The van der Waals surface area contributed by atoms with Crippen LogP contribution < -0.4 is 0 Å². The molecule has 6 atom stereocenters. The summed E-state index contributed by atoms with van der Waals surface area (Å²) >= 11 is 0. The minimum absolute atomic E-state index is 0.217. The molecule has 51 heavy (non-hydrogen) atoms. The SMILES string of the molecule is CCCCC/C=C/C/C=C/CCCCCCCCCCCC(=O)OC[C@@H](CO[C@H]1O[C@@H](CO)[C@@H](O)C(O)C1O)OC(=O)CCCCCCCCC. The number of ether oxygens (including phenoxy) is 4. The maximum atomic E-state index is 12.6. The van der Waals surface area contributed by atoms with Gasteiger partial charge < -0.3 is 39.4 Å². The summed E-state index contributed by atoms with van der Waals surface area (Å²) in [7, 11) is 0. The Labute approximate surface area is 309 Å². The highest BCUT2D eigenvalue weighted by Gasteiger charge is 2.44. The number of unbranched alkanes of at least 4 members (excludes halogenated alkanes) is 18. The first-order valence-corrected chi connectivity index (χ1v) is 20.4. The summed E-state index contributed by atoms with van der Waals surface area (Å²) in [6.07, 6.45) is 26.4. The first kappa shape index (κ1) is 47.2. The average molecular weight is 727 g/mol. The van der Waals surface area contributed by atoms with E-state index in [-0.39, 0.29) is 32.0 Å². The number of allylic oxidation sites excluding steroid dienone is 4. The maximum Gasteiger partial charge on any atom is 0.306 e. The number of hydrogen-bond donors (Lipinski definition) is 4. The Morgan fingerprint density at radius 1 is 0.608 bits per heavy atom. The highest BCUT2D eigenvalue weighted by molar-refractivity contribution is 5.70. The van der Waals surface area contributed by atoms with E-state index in [0.29, 0.717) is 6.42 Å². The molecule has 1 aliphatic heterocycles. The molecular formula is C41H74O10. The third kappa shape index (κ3) is 24.9. The Bertz CT molecular complexity index is 892. The molecule has 4 N–H and O–H groups in total. The average Bonchev–Trinajstić information content (AvgIpc) is 3.13. The van der Waals surface area contributed by atoms with Gasteiger partial charge in [0.1, 0.15) is 31.0 Å².